The van der Waals surface area contributed by atoms with Gasteiger partial charge in [-0.15, -0.1) is 0 Å². The third-order valence-corrected chi connectivity index (χ3v) is 4.08. The van der Waals surface area contributed by atoms with E-state index in [-0.39, 0.29) is 5.56 Å². The van der Waals surface area contributed by atoms with Crippen molar-refractivity contribution in [2.24, 2.45) is 0 Å². The van der Waals surface area contributed by atoms with E-state index in [1.165, 1.54) is 17.8 Å². The Labute approximate surface area is 156 Å². The average molecular weight is 370 g/mol. The van der Waals surface area contributed by atoms with Crippen LogP contribution in [-0.4, -0.2) is 28.0 Å². The summed E-state index contributed by atoms with van der Waals surface area (Å²) in [5, 5.41) is 3.86. The standard InChI is InChI=1S/C19H20ClN5O/c20-16-7-5-15(6-8-16)14-25(17-4-1-2-10-21-17)13-3-11-22-19-23-12-9-18(26)24-19/h1-2,4-10,12H,3,11,13-14H2,(H2,22,23,24,26). The minimum Gasteiger partial charge on any atom is -0.356 e. The van der Waals surface area contributed by atoms with E-state index in [1.54, 1.807) is 6.20 Å². The summed E-state index contributed by atoms with van der Waals surface area (Å²) in [5.74, 6) is 1.41. The predicted molar refractivity (Wildman–Crippen MR) is 105 cm³/mol. The fourth-order valence-corrected chi connectivity index (χ4v) is 2.69. The van der Waals surface area contributed by atoms with Crippen molar-refractivity contribution in [3.8, 4) is 0 Å². The Morgan fingerprint density at radius 3 is 2.62 bits per heavy atom. The summed E-state index contributed by atoms with van der Waals surface area (Å²) in [4.78, 5) is 24.7. The van der Waals surface area contributed by atoms with Crippen LogP contribution in [0.15, 0.2) is 65.7 Å². The Morgan fingerprint density at radius 1 is 1.04 bits per heavy atom. The lowest BCUT2D eigenvalue weighted by Crippen LogP contribution is -2.26. The second-order valence-electron chi connectivity index (χ2n) is 5.80. The molecule has 3 aromatic rings. The zero-order chi connectivity index (χ0) is 18.2. The molecule has 3 rings (SSSR count). The van der Waals surface area contributed by atoms with Crippen LogP contribution < -0.4 is 15.8 Å². The van der Waals surface area contributed by atoms with Gasteiger partial charge in [-0.3, -0.25) is 9.78 Å². The van der Waals surface area contributed by atoms with Crippen molar-refractivity contribution < 1.29 is 0 Å². The van der Waals surface area contributed by atoms with Gasteiger partial charge in [0.1, 0.15) is 5.82 Å². The first kappa shape index (κ1) is 17.9. The number of H-pyrrole nitrogens is 1. The number of benzene rings is 1. The van der Waals surface area contributed by atoms with E-state index >= 15 is 0 Å². The number of hydrogen-bond acceptors (Lipinski definition) is 5. The molecule has 0 amide bonds. The number of aromatic amines is 1. The molecule has 0 saturated heterocycles. The van der Waals surface area contributed by atoms with Gasteiger partial charge in [-0.05, 0) is 36.2 Å². The lowest BCUT2D eigenvalue weighted by atomic mass is 10.2. The molecule has 0 aliphatic carbocycles. The number of nitrogens with zero attached hydrogens (tertiary/aromatic N) is 3. The Hall–Kier alpha value is -2.86. The molecule has 2 heterocycles. The number of nitrogens with one attached hydrogen (secondary N) is 2. The van der Waals surface area contributed by atoms with Gasteiger partial charge in [-0.1, -0.05) is 29.8 Å². The molecule has 2 aromatic heterocycles. The predicted octanol–water partition coefficient (Wildman–Crippen LogP) is 3.33. The quantitative estimate of drug-likeness (QED) is 0.596. The summed E-state index contributed by atoms with van der Waals surface area (Å²) in [6.07, 6.45) is 4.14. The fourth-order valence-electron chi connectivity index (χ4n) is 2.56. The summed E-state index contributed by atoms with van der Waals surface area (Å²) >= 11 is 5.97. The van der Waals surface area contributed by atoms with Gasteiger partial charge < -0.3 is 10.2 Å². The van der Waals surface area contributed by atoms with Crippen LogP contribution >= 0.6 is 11.6 Å². The maximum absolute atomic E-state index is 11.3. The van der Waals surface area contributed by atoms with Crippen molar-refractivity contribution in [1.82, 2.24) is 15.0 Å². The topological polar surface area (TPSA) is 73.9 Å². The van der Waals surface area contributed by atoms with Crippen molar-refractivity contribution in [2.45, 2.75) is 13.0 Å². The molecule has 0 aliphatic rings. The maximum Gasteiger partial charge on any atom is 0.252 e. The summed E-state index contributed by atoms with van der Waals surface area (Å²) in [6.45, 7) is 2.25. The van der Waals surface area contributed by atoms with Crippen LogP contribution in [0.3, 0.4) is 0 Å². The van der Waals surface area contributed by atoms with E-state index in [1.807, 2.05) is 42.5 Å². The smallest absolute Gasteiger partial charge is 0.252 e. The van der Waals surface area contributed by atoms with Crippen LogP contribution in [0.1, 0.15) is 12.0 Å². The van der Waals surface area contributed by atoms with Crippen LogP contribution in [0.5, 0.6) is 0 Å². The first-order chi connectivity index (χ1) is 12.7. The lowest BCUT2D eigenvalue weighted by Gasteiger charge is -2.24. The van der Waals surface area contributed by atoms with Crippen LogP contribution in [0, 0.1) is 0 Å². The molecular formula is C19H20ClN5O. The number of halogens is 1. The minimum atomic E-state index is -0.166. The van der Waals surface area contributed by atoms with Gasteiger partial charge in [0.2, 0.25) is 5.95 Å². The van der Waals surface area contributed by atoms with Gasteiger partial charge in [-0.25, -0.2) is 9.97 Å². The SMILES string of the molecule is O=c1ccnc(NCCCN(Cc2ccc(Cl)cc2)c2ccccn2)[nH]1. The minimum absolute atomic E-state index is 0.166. The largest absolute Gasteiger partial charge is 0.356 e. The molecular weight excluding hydrogens is 350 g/mol. The lowest BCUT2D eigenvalue weighted by molar-refractivity contribution is 0.735. The average Bonchev–Trinajstić information content (AvgIpc) is 2.66. The van der Waals surface area contributed by atoms with Crippen molar-refractivity contribution in [3.05, 3.63) is 81.9 Å². The molecule has 0 unspecified atom stereocenters. The second kappa shape index (κ2) is 9.01. The molecule has 1 aromatic carbocycles. The van der Waals surface area contributed by atoms with Crippen molar-refractivity contribution in [3.63, 3.8) is 0 Å². The first-order valence-electron chi connectivity index (χ1n) is 8.40. The molecule has 134 valence electrons. The summed E-state index contributed by atoms with van der Waals surface area (Å²) in [5.41, 5.74) is 1.00. The zero-order valence-corrected chi connectivity index (χ0v) is 15.0. The summed E-state index contributed by atoms with van der Waals surface area (Å²) in [6, 6.07) is 15.1. The van der Waals surface area contributed by atoms with Gasteiger partial charge in [0.15, 0.2) is 0 Å². The van der Waals surface area contributed by atoms with E-state index < -0.39 is 0 Å². The summed E-state index contributed by atoms with van der Waals surface area (Å²) < 4.78 is 0. The molecule has 0 aliphatic heterocycles. The van der Waals surface area contributed by atoms with Crippen molar-refractivity contribution >= 4 is 23.4 Å². The van der Waals surface area contributed by atoms with Gasteiger partial charge in [0.05, 0.1) is 0 Å². The Bertz CT molecular complexity index is 867. The summed E-state index contributed by atoms with van der Waals surface area (Å²) in [7, 11) is 0. The van der Waals surface area contributed by atoms with Crippen molar-refractivity contribution in [1.29, 1.82) is 0 Å². The molecule has 0 bridgehead atoms. The number of aromatic nitrogens is 3. The Kier molecular flexibility index (Phi) is 6.22. The highest BCUT2D eigenvalue weighted by Gasteiger charge is 2.08. The molecule has 2 N–H and O–H groups in total. The highest BCUT2D eigenvalue weighted by molar-refractivity contribution is 6.30. The first-order valence-corrected chi connectivity index (χ1v) is 8.78. The number of rotatable bonds is 8. The van der Waals surface area contributed by atoms with Crippen LogP contribution in [0.2, 0.25) is 5.02 Å². The van der Waals surface area contributed by atoms with E-state index in [4.69, 9.17) is 11.6 Å². The van der Waals surface area contributed by atoms with E-state index in [2.05, 4.69) is 25.2 Å². The Balaban J connectivity index is 1.60. The zero-order valence-electron chi connectivity index (χ0n) is 14.2. The molecule has 0 fully saturated rings. The van der Waals surface area contributed by atoms with Crippen molar-refractivity contribution in [2.75, 3.05) is 23.3 Å². The fraction of sp³-hybridized carbons (Fsp3) is 0.211. The number of pyridine rings is 1. The Morgan fingerprint density at radius 2 is 1.88 bits per heavy atom. The van der Waals surface area contributed by atoms with Gasteiger partial charge in [0, 0.05) is 43.1 Å². The van der Waals surface area contributed by atoms with E-state index in [0.29, 0.717) is 12.5 Å². The molecule has 0 radical (unpaired) electrons. The maximum atomic E-state index is 11.3. The van der Waals surface area contributed by atoms with Crippen LogP contribution in [0.4, 0.5) is 11.8 Å². The third-order valence-electron chi connectivity index (χ3n) is 3.83. The molecule has 0 atom stereocenters. The van der Waals surface area contributed by atoms with Gasteiger partial charge in [-0.2, -0.15) is 0 Å². The van der Waals surface area contributed by atoms with E-state index in [9.17, 15) is 4.79 Å². The second-order valence-corrected chi connectivity index (χ2v) is 6.24. The molecule has 0 spiro atoms. The normalized spacial score (nSPS) is 10.5. The van der Waals surface area contributed by atoms with E-state index in [0.717, 1.165) is 30.4 Å². The van der Waals surface area contributed by atoms with Crippen LogP contribution in [0.25, 0.3) is 0 Å². The molecule has 0 saturated carbocycles. The number of hydrogen-bond donors (Lipinski definition) is 2. The highest BCUT2D eigenvalue weighted by atomic mass is 35.5. The van der Waals surface area contributed by atoms with Gasteiger partial charge in [0.25, 0.3) is 5.56 Å². The van der Waals surface area contributed by atoms with Gasteiger partial charge >= 0.3 is 0 Å². The molecule has 7 heteroatoms. The third kappa shape index (κ3) is 5.32. The molecule has 6 nitrogen and oxygen atoms in total. The van der Waals surface area contributed by atoms with Crippen LogP contribution in [-0.2, 0) is 6.54 Å². The number of anilines is 2. The molecule has 26 heavy (non-hydrogen) atoms. The highest BCUT2D eigenvalue weighted by Crippen LogP contribution is 2.16. The monoisotopic (exact) mass is 369 g/mol.